The lowest BCUT2D eigenvalue weighted by Gasteiger charge is -2.12. The summed E-state index contributed by atoms with van der Waals surface area (Å²) in [7, 11) is 0. The molecule has 0 bridgehead atoms. The van der Waals surface area contributed by atoms with Crippen molar-refractivity contribution in [3.63, 3.8) is 0 Å². The molecule has 76 valence electrons. The van der Waals surface area contributed by atoms with Crippen LogP contribution in [0.15, 0.2) is 11.6 Å². The van der Waals surface area contributed by atoms with Gasteiger partial charge in [0, 0.05) is 32.2 Å². The van der Waals surface area contributed by atoms with E-state index < -0.39 is 0 Å². The van der Waals surface area contributed by atoms with Gasteiger partial charge in [0.25, 0.3) is 0 Å². The van der Waals surface area contributed by atoms with Crippen LogP contribution in [0.25, 0.3) is 0 Å². The van der Waals surface area contributed by atoms with Crippen LogP contribution in [0.1, 0.15) is 13.8 Å². The van der Waals surface area contributed by atoms with Crippen LogP contribution >= 0.6 is 0 Å². The number of likely N-dealkylation sites (tertiary alicyclic amines) is 1. The van der Waals surface area contributed by atoms with Crippen molar-refractivity contribution in [2.45, 2.75) is 20.0 Å². The largest absolute Gasteiger partial charge is 0.396 e. The van der Waals surface area contributed by atoms with Crippen LogP contribution in [0, 0.1) is 5.92 Å². The normalized spacial score (nSPS) is 29.2. The van der Waals surface area contributed by atoms with Crippen LogP contribution in [0.5, 0.6) is 0 Å². The number of allylic oxidation sites excluding steroid dienone is 1. The lowest BCUT2D eigenvalue weighted by atomic mass is 10.1. The summed E-state index contributed by atoms with van der Waals surface area (Å²) in [6.45, 7) is 6.60. The first-order valence-corrected chi connectivity index (χ1v) is 4.78. The van der Waals surface area contributed by atoms with E-state index in [2.05, 4.69) is 24.8 Å². The van der Waals surface area contributed by atoms with Crippen molar-refractivity contribution in [1.82, 2.24) is 4.90 Å². The highest BCUT2D eigenvalue weighted by Crippen LogP contribution is 2.16. The number of aliphatic hydroxyl groups excluding tert-OH is 2. The standard InChI is InChI=1S/C10H19NO2/c1-8(2)3-4-11-5-9(7-12)10(13)6-11/h3,9-10,12-13H,4-7H2,1-2H3. The van der Waals surface area contributed by atoms with Gasteiger partial charge in [-0.15, -0.1) is 0 Å². The highest BCUT2D eigenvalue weighted by Gasteiger charge is 2.29. The Kier molecular flexibility index (Phi) is 3.90. The summed E-state index contributed by atoms with van der Waals surface area (Å²) >= 11 is 0. The third kappa shape index (κ3) is 3.10. The SMILES string of the molecule is CC(C)=CCN1CC(O)C(CO)C1. The fourth-order valence-electron chi connectivity index (χ4n) is 1.58. The molecule has 0 aromatic heterocycles. The van der Waals surface area contributed by atoms with Crippen LogP contribution in [-0.4, -0.2) is 47.5 Å². The van der Waals surface area contributed by atoms with Crippen molar-refractivity contribution < 1.29 is 10.2 Å². The molecule has 13 heavy (non-hydrogen) atoms. The first kappa shape index (κ1) is 10.7. The molecule has 3 nitrogen and oxygen atoms in total. The smallest absolute Gasteiger partial charge is 0.0729 e. The van der Waals surface area contributed by atoms with Crippen LogP contribution < -0.4 is 0 Å². The van der Waals surface area contributed by atoms with Crippen LogP contribution in [0.4, 0.5) is 0 Å². The van der Waals surface area contributed by atoms with Gasteiger partial charge in [-0.05, 0) is 13.8 Å². The summed E-state index contributed by atoms with van der Waals surface area (Å²) in [6, 6.07) is 0. The zero-order valence-corrected chi connectivity index (χ0v) is 8.40. The van der Waals surface area contributed by atoms with Crippen molar-refractivity contribution in [1.29, 1.82) is 0 Å². The van der Waals surface area contributed by atoms with Crippen LogP contribution in [0.2, 0.25) is 0 Å². The van der Waals surface area contributed by atoms with Crippen molar-refractivity contribution in [2.75, 3.05) is 26.2 Å². The van der Waals surface area contributed by atoms with Crippen molar-refractivity contribution in [3.05, 3.63) is 11.6 Å². The Labute approximate surface area is 79.7 Å². The summed E-state index contributed by atoms with van der Waals surface area (Å²) in [5.41, 5.74) is 1.29. The Morgan fingerprint density at radius 1 is 1.46 bits per heavy atom. The van der Waals surface area contributed by atoms with Gasteiger partial charge in [-0.1, -0.05) is 11.6 Å². The summed E-state index contributed by atoms with van der Waals surface area (Å²) in [6.07, 6.45) is 1.79. The molecular weight excluding hydrogens is 166 g/mol. The van der Waals surface area contributed by atoms with Crippen molar-refractivity contribution >= 4 is 0 Å². The molecule has 0 saturated carbocycles. The van der Waals surface area contributed by atoms with Gasteiger partial charge >= 0.3 is 0 Å². The average molecular weight is 185 g/mol. The highest BCUT2D eigenvalue weighted by atomic mass is 16.3. The molecule has 1 aliphatic heterocycles. The minimum Gasteiger partial charge on any atom is -0.396 e. The van der Waals surface area contributed by atoms with E-state index in [0.717, 1.165) is 13.1 Å². The first-order valence-electron chi connectivity index (χ1n) is 4.78. The van der Waals surface area contributed by atoms with E-state index in [1.807, 2.05) is 0 Å². The van der Waals surface area contributed by atoms with Gasteiger partial charge in [0.2, 0.25) is 0 Å². The van der Waals surface area contributed by atoms with E-state index in [-0.39, 0.29) is 18.6 Å². The minimum atomic E-state index is -0.351. The van der Waals surface area contributed by atoms with Gasteiger partial charge in [0.05, 0.1) is 6.10 Å². The average Bonchev–Trinajstić information content (AvgIpc) is 2.43. The first-order chi connectivity index (χ1) is 6.13. The van der Waals surface area contributed by atoms with Crippen molar-refractivity contribution in [3.8, 4) is 0 Å². The second kappa shape index (κ2) is 4.74. The van der Waals surface area contributed by atoms with E-state index in [4.69, 9.17) is 5.11 Å². The Morgan fingerprint density at radius 3 is 2.62 bits per heavy atom. The maximum Gasteiger partial charge on any atom is 0.0729 e. The third-order valence-electron chi connectivity index (χ3n) is 2.47. The van der Waals surface area contributed by atoms with Crippen LogP contribution in [0.3, 0.4) is 0 Å². The Bertz CT molecular complexity index is 187. The summed E-state index contributed by atoms with van der Waals surface area (Å²) in [5.74, 6) is 0.0468. The number of β-amino-alcohol motifs (C(OH)–C–C–N with tert-alkyl or cyclic N) is 1. The molecule has 0 amide bonds. The molecule has 2 atom stereocenters. The monoisotopic (exact) mass is 185 g/mol. The fraction of sp³-hybridized carbons (Fsp3) is 0.800. The second-order valence-electron chi connectivity index (χ2n) is 4.01. The highest BCUT2D eigenvalue weighted by molar-refractivity contribution is 4.97. The molecule has 2 N–H and O–H groups in total. The summed E-state index contributed by atoms with van der Waals surface area (Å²) < 4.78 is 0. The predicted octanol–water partition coefficient (Wildman–Crippen LogP) is 0.238. The van der Waals surface area contributed by atoms with Gasteiger partial charge < -0.3 is 10.2 Å². The van der Waals surface area contributed by atoms with Crippen molar-refractivity contribution in [2.24, 2.45) is 5.92 Å². The molecule has 1 heterocycles. The molecule has 1 rings (SSSR count). The lowest BCUT2D eigenvalue weighted by Crippen LogP contribution is -2.22. The number of hydrogen-bond donors (Lipinski definition) is 2. The molecule has 1 aliphatic rings. The maximum absolute atomic E-state index is 9.50. The summed E-state index contributed by atoms with van der Waals surface area (Å²) in [4.78, 5) is 2.17. The Balaban J connectivity index is 2.36. The molecule has 0 aliphatic carbocycles. The predicted molar refractivity (Wildman–Crippen MR) is 52.5 cm³/mol. The molecular formula is C10H19NO2. The van der Waals surface area contributed by atoms with Gasteiger partial charge in [0.1, 0.15) is 0 Å². The molecule has 1 saturated heterocycles. The molecule has 1 fully saturated rings. The Morgan fingerprint density at radius 2 is 2.15 bits per heavy atom. The van der Waals surface area contributed by atoms with Crippen LogP contribution in [-0.2, 0) is 0 Å². The van der Waals surface area contributed by atoms with Gasteiger partial charge in [-0.25, -0.2) is 0 Å². The Hall–Kier alpha value is -0.380. The maximum atomic E-state index is 9.50. The van der Waals surface area contributed by atoms with E-state index in [9.17, 15) is 5.11 Å². The quantitative estimate of drug-likeness (QED) is 0.619. The topological polar surface area (TPSA) is 43.7 Å². The number of rotatable bonds is 3. The molecule has 0 aromatic carbocycles. The van der Waals surface area contributed by atoms with E-state index in [1.165, 1.54) is 5.57 Å². The lowest BCUT2D eigenvalue weighted by molar-refractivity contribution is 0.103. The van der Waals surface area contributed by atoms with E-state index in [0.29, 0.717) is 6.54 Å². The van der Waals surface area contributed by atoms with Gasteiger partial charge in [-0.3, -0.25) is 4.90 Å². The molecule has 0 spiro atoms. The minimum absolute atomic E-state index is 0.0468. The number of hydrogen-bond acceptors (Lipinski definition) is 3. The number of aliphatic hydroxyl groups is 2. The zero-order valence-electron chi connectivity index (χ0n) is 8.40. The summed E-state index contributed by atoms with van der Waals surface area (Å²) in [5, 5.41) is 18.4. The molecule has 0 radical (unpaired) electrons. The van der Waals surface area contributed by atoms with Gasteiger partial charge in [-0.2, -0.15) is 0 Å². The fourth-order valence-corrected chi connectivity index (χ4v) is 1.58. The zero-order chi connectivity index (χ0) is 9.84. The third-order valence-corrected chi connectivity index (χ3v) is 2.47. The van der Waals surface area contributed by atoms with Gasteiger partial charge in [0.15, 0.2) is 0 Å². The molecule has 3 heteroatoms. The number of nitrogens with zero attached hydrogens (tertiary/aromatic N) is 1. The van der Waals surface area contributed by atoms with E-state index >= 15 is 0 Å². The molecule has 2 unspecified atom stereocenters. The second-order valence-corrected chi connectivity index (χ2v) is 4.01. The molecule has 0 aromatic rings. The van der Waals surface area contributed by atoms with E-state index in [1.54, 1.807) is 0 Å².